The van der Waals surface area contributed by atoms with Gasteiger partial charge >= 0.3 is 5.97 Å². The van der Waals surface area contributed by atoms with Gasteiger partial charge in [-0.05, 0) is 71.8 Å². The SMILES string of the molecule is CCc1c(F)ccc2cc(OCOC)cc(-c3ncc4c(N5CCCCC(C(=O)OC)CC5)nc(Cl)nc4c3F)c12. The van der Waals surface area contributed by atoms with Gasteiger partial charge in [0.1, 0.15) is 28.6 Å². The largest absolute Gasteiger partial charge is 0.469 e. The molecule has 4 aromatic rings. The molecule has 0 saturated carbocycles. The molecule has 1 fully saturated rings. The number of esters is 1. The third kappa shape index (κ3) is 5.76. The number of ether oxygens (including phenoxy) is 3. The highest BCUT2D eigenvalue weighted by Gasteiger charge is 2.26. The van der Waals surface area contributed by atoms with Crippen LogP contribution in [-0.2, 0) is 20.7 Å². The number of carbonyl (C=O) groups is 1. The molecule has 41 heavy (non-hydrogen) atoms. The molecule has 1 saturated heterocycles. The number of hydrogen-bond acceptors (Lipinski definition) is 8. The van der Waals surface area contributed by atoms with Gasteiger partial charge in [-0.15, -0.1) is 0 Å². The van der Waals surface area contributed by atoms with Crippen LogP contribution in [0.4, 0.5) is 14.6 Å². The zero-order chi connectivity index (χ0) is 29.1. The Labute approximate surface area is 241 Å². The molecule has 0 N–H and O–H groups in total. The minimum absolute atomic E-state index is 0.00221. The Hall–Kier alpha value is -3.63. The third-order valence-electron chi connectivity index (χ3n) is 7.54. The minimum atomic E-state index is -0.705. The van der Waals surface area contributed by atoms with Crippen molar-refractivity contribution in [1.29, 1.82) is 0 Å². The van der Waals surface area contributed by atoms with Crippen LogP contribution in [0.3, 0.4) is 0 Å². The summed E-state index contributed by atoms with van der Waals surface area (Å²) < 4.78 is 47.0. The number of halogens is 3. The predicted molar refractivity (Wildman–Crippen MR) is 153 cm³/mol. The van der Waals surface area contributed by atoms with Crippen molar-refractivity contribution < 1.29 is 27.8 Å². The molecule has 2 aromatic carbocycles. The first-order chi connectivity index (χ1) is 19.9. The zero-order valence-electron chi connectivity index (χ0n) is 23.2. The maximum Gasteiger partial charge on any atom is 0.308 e. The van der Waals surface area contributed by atoms with Crippen LogP contribution < -0.4 is 9.64 Å². The normalized spacial score (nSPS) is 16.0. The minimum Gasteiger partial charge on any atom is -0.469 e. The molecule has 8 nitrogen and oxygen atoms in total. The fourth-order valence-corrected chi connectivity index (χ4v) is 5.71. The summed E-state index contributed by atoms with van der Waals surface area (Å²) in [6, 6.07) is 6.41. The number of benzene rings is 2. The molecule has 0 aliphatic carbocycles. The second-order valence-corrected chi connectivity index (χ2v) is 10.3. The third-order valence-corrected chi connectivity index (χ3v) is 7.71. The fraction of sp³-hybridized carbons (Fsp3) is 0.400. The van der Waals surface area contributed by atoms with Gasteiger partial charge < -0.3 is 19.1 Å². The van der Waals surface area contributed by atoms with Crippen molar-refractivity contribution in [3.63, 3.8) is 0 Å². The van der Waals surface area contributed by atoms with E-state index in [-0.39, 0.29) is 41.0 Å². The molecule has 5 rings (SSSR count). The Morgan fingerprint density at radius 3 is 2.71 bits per heavy atom. The molecule has 0 bridgehead atoms. The second kappa shape index (κ2) is 12.5. The van der Waals surface area contributed by atoms with Crippen molar-refractivity contribution in [2.75, 3.05) is 39.0 Å². The van der Waals surface area contributed by atoms with E-state index in [0.29, 0.717) is 64.8 Å². The van der Waals surface area contributed by atoms with Gasteiger partial charge in [0.25, 0.3) is 0 Å². The average Bonchev–Trinajstić information content (AvgIpc) is 2.96. The summed E-state index contributed by atoms with van der Waals surface area (Å²) in [5, 5.41) is 1.50. The number of nitrogens with zero attached hydrogens (tertiary/aromatic N) is 4. The lowest BCUT2D eigenvalue weighted by atomic mass is 9.94. The molecule has 1 aliphatic rings. The van der Waals surface area contributed by atoms with Crippen LogP contribution in [0, 0.1) is 17.6 Å². The number of pyridine rings is 1. The van der Waals surface area contributed by atoms with E-state index in [2.05, 4.69) is 15.0 Å². The van der Waals surface area contributed by atoms with Gasteiger partial charge in [-0.25, -0.2) is 13.8 Å². The van der Waals surface area contributed by atoms with Crippen LogP contribution in [0.5, 0.6) is 5.75 Å². The molecule has 216 valence electrons. The molecule has 11 heteroatoms. The standard InChI is InChI=1S/C30H31ClF2N4O4/c1-4-20-23(32)9-8-18-13-19(41-16-39-2)14-21(24(18)20)26-25(33)27-22(15-34-26)28(36-30(31)35-27)37-11-6-5-7-17(10-12-37)29(38)40-3/h8-9,13-15,17H,4-7,10-12,16H2,1-3H3. The average molecular weight is 585 g/mol. The Bertz CT molecular complexity index is 1600. The lowest BCUT2D eigenvalue weighted by Crippen LogP contribution is -2.32. The quantitative estimate of drug-likeness (QED) is 0.138. The molecule has 3 heterocycles. The van der Waals surface area contributed by atoms with Gasteiger partial charge in [-0.2, -0.15) is 4.98 Å². The zero-order valence-corrected chi connectivity index (χ0v) is 23.9. The van der Waals surface area contributed by atoms with E-state index < -0.39 is 5.82 Å². The maximum atomic E-state index is 16.4. The summed E-state index contributed by atoms with van der Waals surface area (Å²) in [6.45, 7) is 2.99. The summed E-state index contributed by atoms with van der Waals surface area (Å²) in [5.41, 5.74) is 0.805. The van der Waals surface area contributed by atoms with Crippen LogP contribution in [0.25, 0.3) is 32.9 Å². The molecule has 0 spiro atoms. The number of aromatic nitrogens is 3. The van der Waals surface area contributed by atoms with Crippen LogP contribution in [0.1, 0.15) is 38.2 Å². The summed E-state index contributed by atoms with van der Waals surface area (Å²) >= 11 is 6.34. The molecule has 0 amide bonds. The topological polar surface area (TPSA) is 86.7 Å². The maximum absolute atomic E-state index is 16.4. The van der Waals surface area contributed by atoms with Crippen LogP contribution in [-0.4, -0.2) is 55.0 Å². The molecule has 1 aliphatic heterocycles. The van der Waals surface area contributed by atoms with E-state index >= 15 is 4.39 Å². The van der Waals surface area contributed by atoms with E-state index in [4.69, 9.17) is 25.8 Å². The van der Waals surface area contributed by atoms with Gasteiger partial charge in [-0.1, -0.05) is 19.4 Å². The highest BCUT2D eigenvalue weighted by atomic mass is 35.5. The summed E-state index contributed by atoms with van der Waals surface area (Å²) in [4.78, 5) is 27.4. The number of rotatable bonds is 7. The van der Waals surface area contributed by atoms with Crippen molar-refractivity contribution in [2.45, 2.75) is 39.0 Å². The number of aryl methyl sites for hydroxylation is 1. The molecule has 1 atom stereocenters. The predicted octanol–water partition coefficient (Wildman–Crippen LogP) is 6.49. The molecule has 0 radical (unpaired) electrons. The van der Waals surface area contributed by atoms with Crippen molar-refractivity contribution in [3.05, 3.63) is 52.9 Å². The summed E-state index contributed by atoms with van der Waals surface area (Å²) in [5.74, 6) is -0.673. The Kier molecular flexibility index (Phi) is 8.79. The number of carbonyl (C=O) groups excluding carboxylic acids is 1. The van der Waals surface area contributed by atoms with Crippen LogP contribution in [0.15, 0.2) is 30.5 Å². The van der Waals surface area contributed by atoms with Gasteiger partial charge in [0.15, 0.2) is 12.6 Å². The van der Waals surface area contributed by atoms with Crippen molar-refractivity contribution >= 4 is 45.1 Å². The van der Waals surface area contributed by atoms with Gasteiger partial charge in [0.05, 0.1) is 18.4 Å². The summed E-state index contributed by atoms with van der Waals surface area (Å²) in [7, 11) is 2.89. The highest BCUT2D eigenvalue weighted by molar-refractivity contribution is 6.28. The number of methoxy groups -OCH3 is 2. The number of hydrogen-bond donors (Lipinski definition) is 0. The van der Waals surface area contributed by atoms with E-state index in [1.54, 1.807) is 18.2 Å². The van der Waals surface area contributed by atoms with Gasteiger partial charge in [0.2, 0.25) is 5.28 Å². The number of fused-ring (bicyclic) bond motifs is 2. The highest BCUT2D eigenvalue weighted by Crippen LogP contribution is 2.39. The molecule has 2 aromatic heterocycles. The van der Waals surface area contributed by atoms with Gasteiger partial charge in [0, 0.05) is 32.0 Å². The second-order valence-electron chi connectivity index (χ2n) is 9.99. The number of anilines is 1. The van der Waals surface area contributed by atoms with Crippen molar-refractivity contribution in [2.24, 2.45) is 5.92 Å². The summed E-state index contributed by atoms with van der Waals surface area (Å²) in [6.07, 6.45) is 4.89. The lowest BCUT2D eigenvalue weighted by Gasteiger charge is -2.29. The van der Waals surface area contributed by atoms with Crippen molar-refractivity contribution in [1.82, 2.24) is 15.0 Å². The molecule has 1 unspecified atom stereocenters. The smallest absolute Gasteiger partial charge is 0.308 e. The van der Waals surface area contributed by atoms with E-state index in [0.717, 1.165) is 19.3 Å². The van der Waals surface area contributed by atoms with E-state index in [1.807, 2.05) is 11.8 Å². The monoisotopic (exact) mass is 584 g/mol. The van der Waals surface area contributed by atoms with Gasteiger partial charge in [-0.3, -0.25) is 9.78 Å². The van der Waals surface area contributed by atoms with Crippen molar-refractivity contribution in [3.8, 4) is 17.0 Å². The Morgan fingerprint density at radius 2 is 1.95 bits per heavy atom. The first-order valence-electron chi connectivity index (χ1n) is 13.6. The Balaban J connectivity index is 1.65. The molecular formula is C30H31ClF2N4O4. The van der Waals surface area contributed by atoms with Crippen LogP contribution >= 0.6 is 11.6 Å². The first-order valence-corrected chi connectivity index (χ1v) is 14.0. The molecular weight excluding hydrogens is 554 g/mol. The van der Waals surface area contributed by atoms with E-state index in [9.17, 15) is 9.18 Å². The first kappa shape index (κ1) is 28.9. The lowest BCUT2D eigenvalue weighted by molar-refractivity contribution is -0.146. The fourth-order valence-electron chi connectivity index (χ4n) is 5.55. The van der Waals surface area contributed by atoms with E-state index in [1.165, 1.54) is 26.5 Å². The van der Waals surface area contributed by atoms with Crippen LogP contribution in [0.2, 0.25) is 5.28 Å². The Morgan fingerprint density at radius 1 is 1.12 bits per heavy atom.